The van der Waals surface area contributed by atoms with Crippen LogP contribution in [0, 0.1) is 13.8 Å². The van der Waals surface area contributed by atoms with Gasteiger partial charge in [0.2, 0.25) is 0 Å². The molecule has 3 heterocycles. The van der Waals surface area contributed by atoms with Crippen LogP contribution in [0.1, 0.15) is 45.1 Å². The molecule has 0 N–H and O–H groups in total. The maximum Gasteiger partial charge on any atom is 0.192 e. The SMILES string of the molecule is Cc1ccc(C(=O)[C@@H](Sc2nnc(-c3cccs3)n2C[C@@H]2CCCO2)c2ccc(C)cc2)cc1. The third-order valence-electron chi connectivity index (χ3n) is 6.05. The summed E-state index contributed by atoms with van der Waals surface area (Å²) in [6.07, 6.45) is 2.23. The number of thiophene rings is 1. The van der Waals surface area contributed by atoms with Crippen molar-refractivity contribution in [3.8, 4) is 10.7 Å². The van der Waals surface area contributed by atoms with Crippen LogP contribution in [0.4, 0.5) is 0 Å². The van der Waals surface area contributed by atoms with Gasteiger partial charge in [-0.05, 0) is 43.7 Å². The number of carbonyl (C=O) groups is 1. The second-order valence-corrected chi connectivity index (χ2v) is 10.7. The quantitative estimate of drug-likeness (QED) is 0.208. The Morgan fingerprint density at radius 1 is 1.09 bits per heavy atom. The first-order valence-electron chi connectivity index (χ1n) is 11.5. The van der Waals surface area contributed by atoms with Crippen LogP contribution in [0.2, 0.25) is 0 Å². The van der Waals surface area contributed by atoms with E-state index in [0.29, 0.717) is 12.1 Å². The number of benzene rings is 2. The zero-order valence-corrected chi connectivity index (χ0v) is 20.9. The average molecular weight is 490 g/mol. The smallest absolute Gasteiger partial charge is 0.192 e. The number of carbonyl (C=O) groups excluding carboxylic acids is 1. The lowest BCUT2D eigenvalue weighted by Crippen LogP contribution is -2.17. The van der Waals surface area contributed by atoms with Crippen LogP contribution in [0.3, 0.4) is 0 Å². The van der Waals surface area contributed by atoms with Crippen LogP contribution in [-0.4, -0.2) is 33.3 Å². The van der Waals surface area contributed by atoms with E-state index in [2.05, 4.69) is 39.9 Å². The van der Waals surface area contributed by atoms with E-state index in [4.69, 9.17) is 4.74 Å². The Bertz CT molecular complexity index is 1240. The zero-order valence-electron chi connectivity index (χ0n) is 19.3. The minimum absolute atomic E-state index is 0.0678. The van der Waals surface area contributed by atoms with Gasteiger partial charge in [0, 0.05) is 12.2 Å². The molecule has 1 aliphatic rings. The molecular formula is C27H27N3O2S2. The molecule has 0 spiro atoms. The molecule has 0 aliphatic carbocycles. The monoisotopic (exact) mass is 489 g/mol. The molecule has 2 atom stereocenters. The number of nitrogens with zero attached hydrogens (tertiary/aromatic N) is 3. The lowest BCUT2D eigenvalue weighted by molar-refractivity contribution is 0.0953. The van der Waals surface area contributed by atoms with Gasteiger partial charge in [-0.3, -0.25) is 9.36 Å². The molecule has 0 amide bonds. The Morgan fingerprint density at radius 2 is 1.82 bits per heavy atom. The van der Waals surface area contributed by atoms with Crippen molar-refractivity contribution in [1.29, 1.82) is 0 Å². The maximum atomic E-state index is 13.7. The van der Waals surface area contributed by atoms with E-state index in [9.17, 15) is 4.79 Å². The Hall–Kier alpha value is -2.74. The lowest BCUT2D eigenvalue weighted by Gasteiger charge is -2.18. The van der Waals surface area contributed by atoms with E-state index >= 15 is 0 Å². The summed E-state index contributed by atoms with van der Waals surface area (Å²) in [5.41, 5.74) is 3.96. The molecule has 2 aromatic heterocycles. The van der Waals surface area contributed by atoms with Crippen LogP contribution in [0.15, 0.2) is 71.2 Å². The molecule has 1 fully saturated rings. The van der Waals surface area contributed by atoms with E-state index in [0.717, 1.165) is 52.0 Å². The first-order valence-corrected chi connectivity index (χ1v) is 13.3. The van der Waals surface area contributed by atoms with Gasteiger partial charge in [0.1, 0.15) is 5.25 Å². The topological polar surface area (TPSA) is 57.0 Å². The van der Waals surface area contributed by atoms with Crippen molar-refractivity contribution in [2.75, 3.05) is 6.61 Å². The zero-order chi connectivity index (χ0) is 23.5. The second kappa shape index (κ2) is 10.3. The van der Waals surface area contributed by atoms with Crippen LogP contribution < -0.4 is 0 Å². The number of ketones is 1. The van der Waals surface area contributed by atoms with Gasteiger partial charge in [0.05, 0.1) is 17.5 Å². The van der Waals surface area contributed by atoms with Crippen molar-refractivity contribution in [3.05, 3.63) is 88.3 Å². The van der Waals surface area contributed by atoms with E-state index in [1.807, 2.05) is 54.8 Å². The van der Waals surface area contributed by atoms with Crippen molar-refractivity contribution in [2.45, 2.75) is 49.7 Å². The fourth-order valence-electron chi connectivity index (χ4n) is 4.11. The summed E-state index contributed by atoms with van der Waals surface area (Å²) in [5, 5.41) is 11.5. The van der Waals surface area contributed by atoms with Gasteiger partial charge in [-0.25, -0.2) is 0 Å². The summed E-state index contributed by atoms with van der Waals surface area (Å²) in [6.45, 7) is 5.56. The van der Waals surface area contributed by atoms with Crippen molar-refractivity contribution >= 4 is 28.9 Å². The molecule has 1 aliphatic heterocycles. The standard InChI is InChI=1S/C27H27N3O2S2/c1-18-7-11-20(12-8-18)24(31)25(21-13-9-19(2)10-14-21)34-27-29-28-26(23-6-4-16-33-23)30(27)17-22-5-3-15-32-22/h4,6-14,16,22,25H,3,5,15,17H2,1-2H3/t22-,25-/m0/s1. The number of hydrogen-bond donors (Lipinski definition) is 0. The highest BCUT2D eigenvalue weighted by atomic mass is 32.2. The molecule has 0 bridgehead atoms. The van der Waals surface area contributed by atoms with Gasteiger partial charge in [0.25, 0.3) is 0 Å². The number of hydrogen-bond acceptors (Lipinski definition) is 6. The minimum atomic E-state index is -0.424. The summed E-state index contributed by atoms with van der Waals surface area (Å²) in [5.74, 6) is 0.900. The first kappa shape index (κ1) is 23.0. The number of ether oxygens (including phenoxy) is 1. The van der Waals surface area contributed by atoms with Gasteiger partial charge in [-0.2, -0.15) is 0 Å². The number of Topliss-reactive ketones (excluding diaryl/α,β-unsaturated/α-hetero) is 1. The molecule has 2 aromatic carbocycles. The summed E-state index contributed by atoms with van der Waals surface area (Å²) >= 11 is 3.11. The van der Waals surface area contributed by atoms with Gasteiger partial charge in [-0.15, -0.1) is 21.5 Å². The summed E-state index contributed by atoms with van der Waals surface area (Å²) in [4.78, 5) is 14.8. The van der Waals surface area contributed by atoms with E-state index in [-0.39, 0.29) is 11.9 Å². The second-order valence-electron chi connectivity index (χ2n) is 8.67. The molecule has 0 radical (unpaired) electrons. The molecule has 0 unspecified atom stereocenters. The van der Waals surface area contributed by atoms with Gasteiger partial charge >= 0.3 is 0 Å². The van der Waals surface area contributed by atoms with Crippen molar-refractivity contribution in [1.82, 2.24) is 14.8 Å². The molecule has 0 saturated carbocycles. The molecule has 5 nitrogen and oxygen atoms in total. The number of aromatic nitrogens is 3. The van der Waals surface area contributed by atoms with E-state index < -0.39 is 5.25 Å². The lowest BCUT2D eigenvalue weighted by atomic mass is 10.0. The number of aryl methyl sites for hydroxylation is 2. The fraction of sp³-hybridized carbons (Fsp3) is 0.296. The van der Waals surface area contributed by atoms with Crippen molar-refractivity contribution in [3.63, 3.8) is 0 Å². The Balaban J connectivity index is 1.53. The van der Waals surface area contributed by atoms with Crippen LogP contribution in [0.5, 0.6) is 0 Å². The molecule has 174 valence electrons. The van der Waals surface area contributed by atoms with Crippen molar-refractivity contribution < 1.29 is 9.53 Å². The highest BCUT2D eigenvalue weighted by Crippen LogP contribution is 2.39. The molecule has 34 heavy (non-hydrogen) atoms. The van der Waals surface area contributed by atoms with E-state index in [1.165, 1.54) is 11.8 Å². The third-order valence-corrected chi connectivity index (χ3v) is 8.15. The number of thioether (sulfide) groups is 1. The average Bonchev–Trinajstić information content (AvgIpc) is 3.62. The van der Waals surface area contributed by atoms with Crippen LogP contribution in [-0.2, 0) is 11.3 Å². The summed E-state index contributed by atoms with van der Waals surface area (Å²) in [7, 11) is 0. The largest absolute Gasteiger partial charge is 0.376 e. The fourth-order valence-corrected chi connectivity index (χ4v) is 5.95. The van der Waals surface area contributed by atoms with Gasteiger partial charge < -0.3 is 4.74 Å². The predicted octanol–water partition coefficient (Wildman–Crippen LogP) is 6.52. The van der Waals surface area contributed by atoms with Crippen LogP contribution in [0.25, 0.3) is 10.7 Å². The maximum absolute atomic E-state index is 13.7. The van der Waals surface area contributed by atoms with Crippen LogP contribution >= 0.6 is 23.1 Å². The van der Waals surface area contributed by atoms with E-state index in [1.54, 1.807) is 11.3 Å². The summed E-state index contributed by atoms with van der Waals surface area (Å²) in [6, 6.07) is 20.1. The minimum Gasteiger partial charge on any atom is -0.376 e. The Kier molecular flexibility index (Phi) is 6.94. The highest BCUT2D eigenvalue weighted by molar-refractivity contribution is 8.00. The molecule has 4 aromatic rings. The molecule has 5 rings (SSSR count). The predicted molar refractivity (Wildman–Crippen MR) is 138 cm³/mol. The normalized spacial score (nSPS) is 16.6. The van der Waals surface area contributed by atoms with Gasteiger partial charge in [0.15, 0.2) is 16.8 Å². The highest BCUT2D eigenvalue weighted by Gasteiger charge is 2.28. The Labute approximate surface area is 208 Å². The Morgan fingerprint density at radius 3 is 2.47 bits per heavy atom. The number of rotatable bonds is 8. The first-order chi connectivity index (χ1) is 16.6. The molecular weight excluding hydrogens is 462 g/mol. The van der Waals surface area contributed by atoms with Crippen molar-refractivity contribution in [2.24, 2.45) is 0 Å². The molecule has 1 saturated heterocycles. The molecule has 7 heteroatoms. The summed E-state index contributed by atoms with van der Waals surface area (Å²) < 4.78 is 8.07. The third kappa shape index (κ3) is 5.02. The van der Waals surface area contributed by atoms with Gasteiger partial charge in [-0.1, -0.05) is 77.5 Å².